The number of benzene rings is 1. The molecule has 1 amide bonds. The Hall–Kier alpha value is -2.24. The predicted octanol–water partition coefficient (Wildman–Crippen LogP) is 2.11. The van der Waals surface area contributed by atoms with Crippen LogP contribution >= 0.6 is 0 Å². The Kier molecular flexibility index (Phi) is 4.81. The number of carbonyl (C=O) groups is 1. The van der Waals surface area contributed by atoms with Gasteiger partial charge < -0.3 is 5.32 Å². The van der Waals surface area contributed by atoms with Crippen molar-refractivity contribution in [1.29, 1.82) is 0 Å². The fraction of sp³-hybridized carbons (Fsp3) is 0.429. The van der Waals surface area contributed by atoms with Crippen molar-refractivity contribution < 1.29 is 4.79 Å². The largest absolute Gasteiger partial charge is 0.342 e. The Morgan fingerprint density at radius 2 is 1.95 bits per heavy atom. The third-order valence-corrected chi connectivity index (χ3v) is 3.51. The van der Waals surface area contributed by atoms with E-state index in [0.29, 0.717) is 5.92 Å². The third-order valence-electron chi connectivity index (χ3n) is 3.51. The van der Waals surface area contributed by atoms with Gasteiger partial charge in [-0.3, -0.25) is 4.79 Å². The fourth-order valence-corrected chi connectivity index (χ4v) is 2.36. The molecular weight excluding hydrogens is 254 g/mol. The molecule has 0 radical (unpaired) electrons. The van der Waals surface area contributed by atoms with E-state index in [9.17, 15) is 4.79 Å². The molecule has 2 rings (SSSR count). The summed E-state index contributed by atoms with van der Waals surface area (Å²) in [6.07, 6.45) is 1.98. The molecule has 0 fully saturated rings. The summed E-state index contributed by atoms with van der Waals surface area (Å²) in [5.41, 5.74) is 1.10. The van der Waals surface area contributed by atoms with Crippen LogP contribution in [0.3, 0.4) is 0 Å². The normalized spacial score (nSPS) is 12.3. The minimum absolute atomic E-state index is 0.0443. The molecule has 6 heteroatoms. The molecule has 0 spiro atoms. The van der Waals surface area contributed by atoms with Gasteiger partial charge in [-0.15, -0.1) is 10.2 Å². The number of amides is 1. The van der Waals surface area contributed by atoms with Crippen LogP contribution in [0.1, 0.15) is 48.9 Å². The van der Waals surface area contributed by atoms with E-state index >= 15 is 0 Å². The zero-order valence-corrected chi connectivity index (χ0v) is 11.7. The van der Waals surface area contributed by atoms with Crippen LogP contribution < -0.4 is 5.32 Å². The van der Waals surface area contributed by atoms with Crippen molar-refractivity contribution in [3.63, 3.8) is 0 Å². The van der Waals surface area contributed by atoms with E-state index in [-0.39, 0.29) is 17.8 Å². The first-order valence-corrected chi connectivity index (χ1v) is 6.85. The number of nitrogens with one attached hydrogen (secondary N) is 2. The van der Waals surface area contributed by atoms with Gasteiger partial charge >= 0.3 is 0 Å². The summed E-state index contributed by atoms with van der Waals surface area (Å²) < 4.78 is 0. The number of aromatic nitrogens is 4. The maximum atomic E-state index is 12.1. The molecule has 106 valence electrons. The van der Waals surface area contributed by atoms with E-state index in [1.54, 1.807) is 0 Å². The van der Waals surface area contributed by atoms with Crippen LogP contribution in [-0.2, 0) is 0 Å². The van der Waals surface area contributed by atoms with Gasteiger partial charge in [0, 0.05) is 0 Å². The summed E-state index contributed by atoms with van der Waals surface area (Å²) in [5, 5.41) is 16.1. The highest BCUT2D eigenvalue weighted by Crippen LogP contribution is 2.27. The van der Waals surface area contributed by atoms with Crippen LogP contribution in [0.25, 0.3) is 0 Å². The average molecular weight is 273 g/mol. The SMILES string of the molecule is CCC(CC)C(NC(=O)c1nn[nH]n1)c1ccccc1. The summed E-state index contributed by atoms with van der Waals surface area (Å²) in [7, 11) is 0. The van der Waals surface area contributed by atoms with Gasteiger partial charge in [0.15, 0.2) is 0 Å². The maximum Gasteiger partial charge on any atom is 0.293 e. The highest BCUT2D eigenvalue weighted by Gasteiger charge is 2.24. The molecule has 1 atom stereocenters. The van der Waals surface area contributed by atoms with Crippen molar-refractivity contribution in [2.45, 2.75) is 32.7 Å². The van der Waals surface area contributed by atoms with E-state index in [0.717, 1.165) is 18.4 Å². The minimum atomic E-state index is -0.306. The second kappa shape index (κ2) is 6.79. The zero-order valence-electron chi connectivity index (χ0n) is 11.7. The van der Waals surface area contributed by atoms with Crippen LogP contribution in [0, 0.1) is 5.92 Å². The molecule has 0 aliphatic carbocycles. The molecule has 2 aromatic rings. The molecule has 1 unspecified atom stereocenters. The van der Waals surface area contributed by atoms with E-state index in [4.69, 9.17) is 0 Å². The molecule has 1 heterocycles. The Labute approximate surface area is 118 Å². The number of carbonyl (C=O) groups excluding carboxylic acids is 1. The van der Waals surface area contributed by atoms with Gasteiger partial charge in [0.05, 0.1) is 6.04 Å². The van der Waals surface area contributed by atoms with Crippen molar-refractivity contribution >= 4 is 5.91 Å². The lowest BCUT2D eigenvalue weighted by molar-refractivity contribution is 0.0909. The van der Waals surface area contributed by atoms with E-state index < -0.39 is 0 Å². The average Bonchev–Trinajstić information content (AvgIpc) is 3.02. The molecule has 6 nitrogen and oxygen atoms in total. The van der Waals surface area contributed by atoms with Gasteiger partial charge in [-0.2, -0.15) is 5.21 Å². The van der Waals surface area contributed by atoms with Crippen LogP contribution in [0.2, 0.25) is 0 Å². The Morgan fingerprint density at radius 3 is 2.50 bits per heavy atom. The lowest BCUT2D eigenvalue weighted by Crippen LogP contribution is -2.34. The molecule has 1 aromatic carbocycles. The predicted molar refractivity (Wildman–Crippen MR) is 74.9 cm³/mol. The summed E-state index contributed by atoms with van der Waals surface area (Å²) in [4.78, 5) is 12.1. The van der Waals surface area contributed by atoms with Gasteiger partial charge in [-0.25, -0.2) is 0 Å². The Balaban J connectivity index is 2.21. The van der Waals surface area contributed by atoms with Crippen molar-refractivity contribution in [3.8, 4) is 0 Å². The van der Waals surface area contributed by atoms with Gasteiger partial charge in [-0.1, -0.05) is 57.0 Å². The van der Waals surface area contributed by atoms with Crippen molar-refractivity contribution in [2.24, 2.45) is 5.92 Å². The smallest absolute Gasteiger partial charge is 0.293 e. The number of nitrogens with zero attached hydrogens (tertiary/aromatic N) is 3. The number of aromatic amines is 1. The first-order valence-electron chi connectivity index (χ1n) is 6.85. The maximum absolute atomic E-state index is 12.1. The summed E-state index contributed by atoms with van der Waals surface area (Å²) in [6, 6.07) is 9.93. The summed E-state index contributed by atoms with van der Waals surface area (Å²) in [6.45, 7) is 4.26. The van der Waals surface area contributed by atoms with Gasteiger partial charge in [0.25, 0.3) is 11.7 Å². The van der Waals surface area contributed by atoms with Crippen molar-refractivity contribution in [1.82, 2.24) is 25.9 Å². The second-order valence-electron chi connectivity index (χ2n) is 4.67. The van der Waals surface area contributed by atoms with Crippen LogP contribution in [0.15, 0.2) is 30.3 Å². The number of hydrogen-bond donors (Lipinski definition) is 2. The molecule has 0 aliphatic heterocycles. The van der Waals surface area contributed by atoms with Gasteiger partial charge in [0.1, 0.15) is 0 Å². The lowest BCUT2D eigenvalue weighted by Gasteiger charge is -2.26. The highest BCUT2D eigenvalue weighted by atomic mass is 16.2. The zero-order chi connectivity index (χ0) is 14.4. The molecule has 0 saturated heterocycles. The molecule has 0 saturated carbocycles. The minimum Gasteiger partial charge on any atom is -0.342 e. The molecule has 1 aromatic heterocycles. The first kappa shape index (κ1) is 14.2. The van der Waals surface area contributed by atoms with E-state index in [2.05, 4.69) is 39.8 Å². The van der Waals surface area contributed by atoms with Crippen LogP contribution in [-0.4, -0.2) is 26.5 Å². The second-order valence-corrected chi connectivity index (χ2v) is 4.67. The van der Waals surface area contributed by atoms with E-state index in [1.165, 1.54) is 0 Å². The van der Waals surface area contributed by atoms with Crippen LogP contribution in [0.5, 0.6) is 0 Å². The number of rotatable bonds is 6. The number of hydrogen-bond acceptors (Lipinski definition) is 4. The number of H-pyrrole nitrogens is 1. The molecule has 2 N–H and O–H groups in total. The van der Waals surface area contributed by atoms with Crippen molar-refractivity contribution in [3.05, 3.63) is 41.7 Å². The first-order chi connectivity index (χ1) is 9.76. The lowest BCUT2D eigenvalue weighted by atomic mass is 9.89. The van der Waals surface area contributed by atoms with E-state index in [1.807, 2.05) is 30.3 Å². The molecule has 0 aliphatic rings. The summed E-state index contributed by atoms with van der Waals surface area (Å²) >= 11 is 0. The Morgan fingerprint density at radius 1 is 1.25 bits per heavy atom. The molecule has 0 bridgehead atoms. The van der Waals surface area contributed by atoms with Gasteiger partial charge in [-0.05, 0) is 16.7 Å². The summed E-state index contributed by atoms with van der Waals surface area (Å²) in [5.74, 6) is 0.129. The monoisotopic (exact) mass is 273 g/mol. The van der Waals surface area contributed by atoms with Gasteiger partial charge in [0.2, 0.25) is 0 Å². The highest BCUT2D eigenvalue weighted by molar-refractivity contribution is 5.90. The quantitative estimate of drug-likeness (QED) is 0.844. The van der Waals surface area contributed by atoms with Crippen LogP contribution in [0.4, 0.5) is 0 Å². The molecule has 20 heavy (non-hydrogen) atoms. The number of tetrazole rings is 1. The fourth-order valence-electron chi connectivity index (χ4n) is 2.36. The van der Waals surface area contributed by atoms with Crippen molar-refractivity contribution in [2.75, 3.05) is 0 Å². The molecular formula is C14H19N5O. The standard InChI is InChI=1S/C14H19N5O/c1-3-10(4-2)12(11-8-6-5-7-9-11)15-14(20)13-16-18-19-17-13/h5-10,12H,3-4H2,1-2H3,(H,15,20)(H,16,17,18,19). The Bertz CT molecular complexity index is 522. The third kappa shape index (κ3) is 3.20. The topological polar surface area (TPSA) is 83.6 Å².